The zero-order valence-electron chi connectivity index (χ0n) is 12.0. The van der Waals surface area contributed by atoms with Crippen LogP contribution >= 0.6 is 0 Å². The maximum absolute atomic E-state index is 10.9. The van der Waals surface area contributed by atoms with Gasteiger partial charge in [-0.25, -0.2) is 0 Å². The average molecular weight is 291 g/mol. The Morgan fingerprint density at radius 2 is 2.29 bits per heavy atom. The first-order valence-electron chi connectivity index (χ1n) is 6.61. The van der Waals surface area contributed by atoms with E-state index in [2.05, 4.69) is 11.4 Å². The molecule has 21 heavy (non-hydrogen) atoms. The topological polar surface area (TPSA) is 97.4 Å². The van der Waals surface area contributed by atoms with E-state index in [-0.39, 0.29) is 18.0 Å². The monoisotopic (exact) mass is 291 g/mol. The molecule has 1 N–H and O–H groups in total. The van der Waals surface area contributed by atoms with Crippen LogP contribution in [-0.2, 0) is 0 Å². The Balaban J connectivity index is 2.07. The third-order valence-electron chi connectivity index (χ3n) is 3.22. The van der Waals surface area contributed by atoms with E-state index >= 15 is 0 Å². The number of nitro groups is 1. The molecule has 1 aliphatic rings. The molecule has 1 aromatic carbocycles. The lowest BCUT2D eigenvalue weighted by Gasteiger charge is -2.23. The first-order chi connectivity index (χ1) is 9.97. The predicted molar refractivity (Wildman–Crippen MR) is 75.3 cm³/mol. The molecule has 7 heteroatoms. The second-order valence-electron chi connectivity index (χ2n) is 5.24. The van der Waals surface area contributed by atoms with Gasteiger partial charge in [0.1, 0.15) is 17.9 Å². The van der Waals surface area contributed by atoms with Gasteiger partial charge in [0, 0.05) is 6.04 Å². The maximum Gasteiger partial charge on any atom is 0.314 e. The van der Waals surface area contributed by atoms with Gasteiger partial charge in [-0.3, -0.25) is 15.4 Å². The van der Waals surface area contributed by atoms with Crippen molar-refractivity contribution in [3.63, 3.8) is 0 Å². The Morgan fingerprint density at radius 1 is 1.57 bits per heavy atom. The van der Waals surface area contributed by atoms with Crippen LogP contribution in [0.1, 0.15) is 19.8 Å². The summed E-state index contributed by atoms with van der Waals surface area (Å²) in [5.74, 6) is 0.507. The lowest BCUT2D eigenvalue weighted by molar-refractivity contribution is -0.385. The number of benzene rings is 1. The van der Waals surface area contributed by atoms with E-state index in [1.54, 1.807) is 13.0 Å². The van der Waals surface area contributed by atoms with Crippen molar-refractivity contribution < 1.29 is 14.4 Å². The molecule has 0 amide bonds. The molecule has 0 aliphatic heterocycles. The number of nitrogens with zero attached hydrogens (tertiary/aromatic N) is 2. The molecular weight excluding hydrogens is 274 g/mol. The second-order valence-corrected chi connectivity index (χ2v) is 5.24. The summed E-state index contributed by atoms with van der Waals surface area (Å²) in [5, 5.41) is 23.4. The van der Waals surface area contributed by atoms with Gasteiger partial charge in [0.05, 0.1) is 24.2 Å². The molecule has 1 saturated carbocycles. The number of nitro benzene ring substituents is 1. The minimum atomic E-state index is -0.810. The van der Waals surface area contributed by atoms with Gasteiger partial charge in [-0.15, -0.1) is 0 Å². The summed E-state index contributed by atoms with van der Waals surface area (Å²) in [5.41, 5.74) is -0.973. The Kier molecular flexibility index (Phi) is 4.29. The van der Waals surface area contributed by atoms with Gasteiger partial charge in [-0.2, -0.15) is 5.26 Å². The standard InChI is InChI=1S/C14H17N3O4/c1-14(8-15,16-10-3-4-10)9-21-11-5-6-13(20-2)12(7-11)17(18)19/h5-7,10,16H,3-4,9H2,1-2H3. The lowest BCUT2D eigenvalue weighted by atomic mass is 10.1. The van der Waals surface area contributed by atoms with Crippen molar-refractivity contribution in [1.82, 2.24) is 5.32 Å². The Hall–Kier alpha value is -2.33. The second kappa shape index (κ2) is 5.97. The number of nitriles is 1. The predicted octanol–water partition coefficient (Wildman–Crippen LogP) is 2.02. The van der Waals surface area contributed by atoms with Gasteiger partial charge >= 0.3 is 5.69 Å². The summed E-state index contributed by atoms with van der Waals surface area (Å²) >= 11 is 0. The van der Waals surface area contributed by atoms with Crippen LogP contribution in [0.2, 0.25) is 0 Å². The van der Waals surface area contributed by atoms with E-state index in [1.165, 1.54) is 19.2 Å². The van der Waals surface area contributed by atoms with Crippen molar-refractivity contribution in [1.29, 1.82) is 5.26 Å². The minimum Gasteiger partial charge on any atom is -0.490 e. The quantitative estimate of drug-likeness (QED) is 0.609. The zero-order valence-corrected chi connectivity index (χ0v) is 12.0. The van der Waals surface area contributed by atoms with Crippen LogP contribution in [0.5, 0.6) is 11.5 Å². The number of rotatable bonds is 7. The molecule has 1 fully saturated rings. The van der Waals surface area contributed by atoms with Crippen molar-refractivity contribution >= 4 is 5.69 Å². The molecule has 1 aromatic rings. The molecule has 0 aromatic heterocycles. The largest absolute Gasteiger partial charge is 0.490 e. The molecule has 0 spiro atoms. The molecule has 1 aliphatic carbocycles. The van der Waals surface area contributed by atoms with Gasteiger partial charge < -0.3 is 9.47 Å². The minimum absolute atomic E-state index is 0.115. The van der Waals surface area contributed by atoms with E-state index in [0.29, 0.717) is 11.8 Å². The fourth-order valence-corrected chi connectivity index (χ4v) is 1.91. The highest BCUT2D eigenvalue weighted by molar-refractivity contribution is 5.50. The van der Waals surface area contributed by atoms with Crippen molar-refractivity contribution in [2.24, 2.45) is 0 Å². The molecule has 0 heterocycles. The molecule has 7 nitrogen and oxygen atoms in total. The summed E-state index contributed by atoms with van der Waals surface area (Å²) in [6, 6.07) is 6.91. The average Bonchev–Trinajstić information content (AvgIpc) is 3.28. The van der Waals surface area contributed by atoms with Crippen LogP contribution in [0.4, 0.5) is 5.69 Å². The molecule has 1 unspecified atom stereocenters. The van der Waals surface area contributed by atoms with Crippen LogP contribution in [0.15, 0.2) is 18.2 Å². The summed E-state index contributed by atoms with van der Waals surface area (Å²) in [7, 11) is 1.37. The number of hydrogen-bond acceptors (Lipinski definition) is 6. The van der Waals surface area contributed by atoms with Gasteiger partial charge in [-0.05, 0) is 31.9 Å². The molecule has 1 atom stereocenters. The van der Waals surface area contributed by atoms with Crippen LogP contribution in [0, 0.1) is 21.4 Å². The Labute approximate surface area is 122 Å². The number of ether oxygens (including phenoxy) is 2. The van der Waals surface area contributed by atoms with Crippen LogP contribution in [0.3, 0.4) is 0 Å². The van der Waals surface area contributed by atoms with E-state index in [9.17, 15) is 15.4 Å². The first-order valence-corrected chi connectivity index (χ1v) is 6.61. The SMILES string of the molecule is COc1ccc(OCC(C)(C#N)NC2CC2)cc1[N+](=O)[O-]. The fraction of sp³-hybridized carbons (Fsp3) is 0.500. The highest BCUT2D eigenvalue weighted by Crippen LogP contribution is 2.31. The van der Waals surface area contributed by atoms with E-state index < -0.39 is 10.5 Å². The number of methoxy groups -OCH3 is 1. The van der Waals surface area contributed by atoms with Gasteiger partial charge in [0.15, 0.2) is 5.75 Å². The first kappa shape index (κ1) is 15.1. The molecule has 112 valence electrons. The highest BCUT2D eigenvalue weighted by Gasteiger charge is 2.33. The molecule has 0 radical (unpaired) electrons. The summed E-state index contributed by atoms with van der Waals surface area (Å²) in [6.07, 6.45) is 2.12. The summed E-state index contributed by atoms with van der Waals surface area (Å²) in [6.45, 7) is 1.87. The molecule has 0 bridgehead atoms. The zero-order chi connectivity index (χ0) is 15.5. The van der Waals surface area contributed by atoms with E-state index in [4.69, 9.17) is 9.47 Å². The van der Waals surface area contributed by atoms with Crippen molar-refractivity contribution in [3.05, 3.63) is 28.3 Å². The van der Waals surface area contributed by atoms with Gasteiger partial charge in [0.25, 0.3) is 0 Å². The summed E-state index contributed by atoms with van der Waals surface area (Å²) < 4.78 is 10.5. The molecular formula is C14H17N3O4. The smallest absolute Gasteiger partial charge is 0.314 e. The lowest BCUT2D eigenvalue weighted by Crippen LogP contribution is -2.47. The van der Waals surface area contributed by atoms with Gasteiger partial charge in [0.2, 0.25) is 0 Å². The summed E-state index contributed by atoms with van der Waals surface area (Å²) in [4.78, 5) is 10.4. The van der Waals surface area contributed by atoms with Crippen LogP contribution < -0.4 is 14.8 Å². The van der Waals surface area contributed by atoms with Crippen LogP contribution in [-0.4, -0.2) is 30.2 Å². The molecule has 0 saturated heterocycles. The van der Waals surface area contributed by atoms with Crippen LogP contribution in [0.25, 0.3) is 0 Å². The van der Waals surface area contributed by atoms with Crippen molar-refractivity contribution in [3.8, 4) is 17.6 Å². The van der Waals surface area contributed by atoms with Gasteiger partial charge in [-0.1, -0.05) is 0 Å². The fourth-order valence-electron chi connectivity index (χ4n) is 1.91. The number of nitrogens with one attached hydrogen (secondary N) is 1. The normalized spacial score (nSPS) is 16.6. The van der Waals surface area contributed by atoms with Crippen molar-refractivity contribution in [2.45, 2.75) is 31.3 Å². The maximum atomic E-state index is 10.9. The third kappa shape index (κ3) is 3.83. The Bertz CT molecular complexity index is 580. The van der Waals surface area contributed by atoms with E-state index in [1.807, 2.05) is 0 Å². The molecule has 2 rings (SSSR count). The number of hydrogen-bond donors (Lipinski definition) is 1. The third-order valence-corrected chi connectivity index (χ3v) is 3.22. The Morgan fingerprint density at radius 3 is 2.81 bits per heavy atom. The van der Waals surface area contributed by atoms with Crippen molar-refractivity contribution in [2.75, 3.05) is 13.7 Å². The highest BCUT2D eigenvalue weighted by atomic mass is 16.6. The van der Waals surface area contributed by atoms with E-state index in [0.717, 1.165) is 12.8 Å².